The zero-order chi connectivity index (χ0) is 24.1. The fourth-order valence-corrected chi connectivity index (χ4v) is 5.19. The van der Waals surface area contributed by atoms with Gasteiger partial charge in [0.25, 0.3) is 5.91 Å². The van der Waals surface area contributed by atoms with Crippen LogP contribution in [0.4, 0.5) is 5.95 Å². The molecule has 0 spiro atoms. The highest BCUT2D eigenvalue weighted by Gasteiger charge is 2.53. The number of nitriles is 1. The normalized spacial score (nSPS) is 24.5. The van der Waals surface area contributed by atoms with Gasteiger partial charge >= 0.3 is 0 Å². The van der Waals surface area contributed by atoms with Crippen LogP contribution in [0, 0.1) is 23.2 Å². The van der Waals surface area contributed by atoms with Gasteiger partial charge in [0.1, 0.15) is 0 Å². The number of amides is 2. The summed E-state index contributed by atoms with van der Waals surface area (Å²) in [6.45, 7) is 1.13. The SMILES string of the molecule is N#Cc1ccc(Cl)cc1[C@H]1C[C@@H](NC(=O)c2cnn(Cc3cnc(N4C[C@@H]5C[C@@H]5C4=O)nc3)c2)C1. The molecule has 3 aliphatic rings. The summed E-state index contributed by atoms with van der Waals surface area (Å²) in [6, 6.07) is 7.56. The summed E-state index contributed by atoms with van der Waals surface area (Å²) in [6.07, 6.45) is 9.15. The number of nitrogens with zero attached hydrogens (tertiary/aromatic N) is 6. The highest BCUT2D eigenvalue weighted by Crippen LogP contribution is 2.46. The number of piperidine rings is 1. The summed E-state index contributed by atoms with van der Waals surface area (Å²) in [7, 11) is 0. The van der Waals surface area contributed by atoms with Crippen molar-refractivity contribution < 1.29 is 9.59 Å². The van der Waals surface area contributed by atoms with Gasteiger partial charge in [0.2, 0.25) is 11.9 Å². The summed E-state index contributed by atoms with van der Waals surface area (Å²) in [5, 5.41) is 17.3. The number of anilines is 1. The number of aromatic nitrogens is 4. The molecule has 1 N–H and O–H groups in total. The minimum absolute atomic E-state index is 0.0432. The Morgan fingerprint density at radius 2 is 2.00 bits per heavy atom. The molecule has 3 heterocycles. The summed E-state index contributed by atoms with van der Waals surface area (Å²) >= 11 is 6.10. The minimum atomic E-state index is -0.177. The molecular weight excluding hydrogens is 466 g/mol. The van der Waals surface area contributed by atoms with E-state index in [1.807, 2.05) is 6.07 Å². The first kappa shape index (κ1) is 21.7. The Labute approximate surface area is 206 Å². The van der Waals surface area contributed by atoms with Gasteiger partial charge in [0, 0.05) is 47.7 Å². The van der Waals surface area contributed by atoms with Crippen molar-refractivity contribution in [2.75, 3.05) is 11.4 Å². The van der Waals surface area contributed by atoms with Crippen LogP contribution in [-0.2, 0) is 11.3 Å². The van der Waals surface area contributed by atoms with Gasteiger partial charge < -0.3 is 5.32 Å². The van der Waals surface area contributed by atoms with E-state index in [9.17, 15) is 14.9 Å². The molecule has 1 aliphatic heterocycles. The average molecular weight is 488 g/mol. The zero-order valence-electron chi connectivity index (χ0n) is 18.8. The third kappa shape index (κ3) is 4.15. The van der Waals surface area contributed by atoms with Crippen molar-refractivity contribution >= 4 is 29.4 Å². The highest BCUT2D eigenvalue weighted by molar-refractivity contribution is 6.30. The fourth-order valence-electron chi connectivity index (χ4n) is 5.01. The third-order valence-electron chi connectivity index (χ3n) is 7.14. The van der Waals surface area contributed by atoms with Crippen LogP contribution in [0.3, 0.4) is 0 Å². The maximum atomic E-state index is 12.7. The van der Waals surface area contributed by atoms with Crippen molar-refractivity contribution in [3.8, 4) is 6.07 Å². The van der Waals surface area contributed by atoms with Gasteiger partial charge in [-0.05, 0) is 54.9 Å². The molecule has 0 radical (unpaired) electrons. The van der Waals surface area contributed by atoms with Crippen molar-refractivity contribution in [1.29, 1.82) is 5.26 Å². The first-order valence-corrected chi connectivity index (χ1v) is 12.0. The molecule has 2 aliphatic carbocycles. The van der Waals surface area contributed by atoms with Gasteiger partial charge in [-0.2, -0.15) is 10.4 Å². The summed E-state index contributed by atoms with van der Waals surface area (Å²) < 4.78 is 1.66. The molecule has 2 aromatic heterocycles. The number of benzene rings is 1. The van der Waals surface area contributed by atoms with Gasteiger partial charge in [-0.25, -0.2) is 9.97 Å². The topological polar surface area (TPSA) is 117 Å². The lowest BCUT2D eigenvalue weighted by atomic mass is 9.74. The van der Waals surface area contributed by atoms with E-state index in [1.165, 1.54) is 0 Å². The Kier molecular flexibility index (Phi) is 5.26. The van der Waals surface area contributed by atoms with Crippen LogP contribution in [0.5, 0.6) is 0 Å². The second-order valence-electron chi connectivity index (χ2n) is 9.55. The zero-order valence-corrected chi connectivity index (χ0v) is 19.5. The van der Waals surface area contributed by atoms with E-state index in [-0.39, 0.29) is 29.7 Å². The monoisotopic (exact) mass is 487 g/mol. The second-order valence-corrected chi connectivity index (χ2v) is 9.99. The third-order valence-corrected chi connectivity index (χ3v) is 7.38. The van der Waals surface area contributed by atoms with Gasteiger partial charge in [-0.15, -0.1) is 0 Å². The highest BCUT2D eigenvalue weighted by atomic mass is 35.5. The van der Waals surface area contributed by atoms with E-state index in [1.54, 1.807) is 46.5 Å². The molecule has 0 unspecified atom stereocenters. The maximum absolute atomic E-state index is 12.7. The van der Waals surface area contributed by atoms with Crippen LogP contribution in [0.2, 0.25) is 5.02 Å². The van der Waals surface area contributed by atoms with Gasteiger partial charge in [-0.3, -0.25) is 19.2 Å². The van der Waals surface area contributed by atoms with Crippen molar-refractivity contribution in [3.63, 3.8) is 0 Å². The van der Waals surface area contributed by atoms with Crippen molar-refractivity contribution in [2.24, 2.45) is 11.8 Å². The molecule has 176 valence electrons. The number of nitrogens with one attached hydrogen (secondary N) is 1. The van der Waals surface area contributed by atoms with Crippen molar-refractivity contribution in [3.05, 3.63) is 70.3 Å². The van der Waals surface area contributed by atoms with Gasteiger partial charge in [0.15, 0.2) is 0 Å². The van der Waals surface area contributed by atoms with Crippen LogP contribution in [0.1, 0.15) is 52.2 Å². The van der Waals surface area contributed by atoms with E-state index in [0.717, 1.165) is 30.4 Å². The lowest BCUT2D eigenvalue weighted by Crippen LogP contribution is -2.43. The molecule has 2 atom stereocenters. The van der Waals surface area contributed by atoms with Gasteiger partial charge in [0.05, 0.1) is 29.9 Å². The van der Waals surface area contributed by atoms with E-state index in [0.29, 0.717) is 41.1 Å². The molecule has 6 rings (SSSR count). The van der Waals surface area contributed by atoms with E-state index in [2.05, 4.69) is 26.5 Å². The minimum Gasteiger partial charge on any atom is -0.349 e. The lowest BCUT2D eigenvalue weighted by Gasteiger charge is -2.36. The van der Waals surface area contributed by atoms with Crippen LogP contribution in [0.15, 0.2) is 43.0 Å². The predicted octanol–water partition coefficient (Wildman–Crippen LogP) is 2.91. The van der Waals surface area contributed by atoms with E-state index >= 15 is 0 Å². The molecule has 1 saturated heterocycles. The Hall–Kier alpha value is -3.77. The number of halogens is 1. The van der Waals surface area contributed by atoms with Crippen LogP contribution < -0.4 is 10.2 Å². The van der Waals surface area contributed by atoms with E-state index < -0.39 is 0 Å². The molecule has 1 aromatic carbocycles. The molecule has 0 bridgehead atoms. The Morgan fingerprint density at radius 1 is 1.20 bits per heavy atom. The molecule has 3 fully saturated rings. The van der Waals surface area contributed by atoms with Crippen LogP contribution in [0.25, 0.3) is 0 Å². The number of fused-ring (bicyclic) bond motifs is 1. The second kappa shape index (κ2) is 8.47. The summed E-state index contributed by atoms with van der Waals surface area (Å²) in [5.74, 6) is 1.25. The Balaban J connectivity index is 1.03. The first-order valence-electron chi connectivity index (χ1n) is 11.6. The number of rotatable bonds is 6. The molecular formula is C25H22ClN7O2. The first-order chi connectivity index (χ1) is 17.0. The molecule has 35 heavy (non-hydrogen) atoms. The standard InChI is InChI=1S/C25H22ClN7O2/c26-19-2-1-15(7-27)21(6-19)16-3-20(4-16)31-23(34)18-10-30-32(12-18)11-14-8-28-25(29-9-14)33-13-17-5-22(17)24(33)35/h1-2,6,8-10,12,16-17,20,22H,3-5,11,13H2,(H,31,34)/t16-,17-,20+,22-/m0/s1. The Morgan fingerprint density at radius 3 is 2.71 bits per heavy atom. The molecule has 3 aromatic rings. The largest absolute Gasteiger partial charge is 0.349 e. The molecule has 2 saturated carbocycles. The summed E-state index contributed by atoms with van der Waals surface area (Å²) in [5.41, 5.74) is 2.88. The number of carbonyl (C=O) groups excluding carboxylic acids is 2. The number of carbonyl (C=O) groups is 2. The average Bonchev–Trinajstić information content (AvgIpc) is 3.33. The van der Waals surface area contributed by atoms with Crippen molar-refractivity contribution in [1.82, 2.24) is 25.1 Å². The fraction of sp³-hybridized carbons (Fsp3) is 0.360. The quantitative estimate of drug-likeness (QED) is 0.571. The number of hydrogen-bond donors (Lipinski definition) is 1. The lowest BCUT2D eigenvalue weighted by molar-refractivity contribution is -0.118. The maximum Gasteiger partial charge on any atom is 0.254 e. The van der Waals surface area contributed by atoms with Crippen molar-refractivity contribution in [2.45, 2.75) is 37.8 Å². The van der Waals surface area contributed by atoms with Gasteiger partial charge in [-0.1, -0.05) is 11.6 Å². The smallest absolute Gasteiger partial charge is 0.254 e. The Bertz CT molecular complexity index is 1360. The van der Waals surface area contributed by atoms with Crippen LogP contribution >= 0.6 is 11.6 Å². The molecule has 9 nitrogen and oxygen atoms in total. The summed E-state index contributed by atoms with van der Waals surface area (Å²) in [4.78, 5) is 35.3. The van der Waals surface area contributed by atoms with E-state index in [4.69, 9.17) is 11.6 Å². The molecule has 10 heteroatoms. The predicted molar refractivity (Wildman–Crippen MR) is 127 cm³/mol. The van der Waals surface area contributed by atoms with Crippen LogP contribution in [-0.4, -0.2) is 44.1 Å². The molecule has 2 amide bonds. The number of hydrogen-bond acceptors (Lipinski definition) is 6.